The van der Waals surface area contributed by atoms with Crippen molar-refractivity contribution in [3.8, 4) is 0 Å². The third-order valence-corrected chi connectivity index (χ3v) is 5.29. The molecule has 21 heavy (non-hydrogen) atoms. The highest BCUT2D eigenvalue weighted by molar-refractivity contribution is 7.15. The normalized spacial score (nSPS) is 21.2. The van der Waals surface area contributed by atoms with Crippen molar-refractivity contribution in [3.63, 3.8) is 0 Å². The lowest BCUT2D eigenvalue weighted by molar-refractivity contribution is -0.119. The van der Waals surface area contributed by atoms with Gasteiger partial charge in [-0.2, -0.15) is 0 Å². The Morgan fingerprint density at radius 1 is 1.29 bits per heavy atom. The highest BCUT2D eigenvalue weighted by Crippen LogP contribution is 2.29. The first kappa shape index (κ1) is 14.9. The fraction of sp³-hybridized carbons (Fsp3) is 0.733. The average Bonchev–Trinajstić information content (AvgIpc) is 3.15. The first-order valence-electron chi connectivity index (χ1n) is 8.02. The Kier molecular flexibility index (Phi) is 5.22. The van der Waals surface area contributed by atoms with E-state index in [4.69, 9.17) is 0 Å². The smallest absolute Gasteiger partial charge is 0.183 e. The van der Waals surface area contributed by atoms with Gasteiger partial charge in [0.15, 0.2) is 10.9 Å². The van der Waals surface area contributed by atoms with Gasteiger partial charge in [-0.15, -0.1) is 11.3 Å². The summed E-state index contributed by atoms with van der Waals surface area (Å²) in [4.78, 5) is 18.0. The molecule has 0 unspecified atom stereocenters. The van der Waals surface area contributed by atoms with Gasteiger partial charge in [0, 0.05) is 18.0 Å². The van der Waals surface area contributed by atoms with Crippen LogP contribution >= 0.6 is 11.3 Å². The number of nitrogens with zero attached hydrogens (tertiary/aromatic N) is 1. The molecular weight excluding hydrogens is 284 g/mol. The Morgan fingerprint density at radius 2 is 2.19 bits per heavy atom. The molecule has 116 valence electrons. The van der Waals surface area contributed by atoms with Crippen molar-refractivity contribution in [3.05, 3.63) is 10.6 Å². The van der Waals surface area contributed by atoms with Crippen molar-refractivity contribution in [1.29, 1.82) is 0 Å². The van der Waals surface area contributed by atoms with Crippen LogP contribution in [-0.2, 0) is 17.6 Å². The number of ketones is 1. The van der Waals surface area contributed by atoms with E-state index in [1.54, 1.807) is 11.3 Å². The first-order valence-corrected chi connectivity index (χ1v) is 8.84. The van der Waals surface area contributed by atoms with Gasteiger partial charge >= 0.3 is 0 Å². The molecule has 3 rings (SSSR count). The minimum absolute atomic E-state index is 0.0798. The largest absolute Gasteiger partial charge is 0.360 e. The lowest BCUT2D eigenvalue weighted by Gasteiger charge is -2.10. The molecule has 3 N–H and O–H groups in total. The molecule has 0 radical (unpaired) electrons. The van der Waals surface area contributed by atoms with Gasteiger partial charge in [-0.05, 0) is 45.1 Å². The second kappa shape index (κ2) is 7.33. The maximum absolute atomic E-state index is 11.9. The van der Waals surface area contributed by atoms with Crippen LogP contribution < -0.4 is 16.0 Å². The molecule has 1 aliphatic heterocycles. The molecule has 2 heterocycles. The second-order valence-electron chi connectivity index (χ2n) is 5.81. The van der Waals surface area contributed by atoms with Crippen LogP contribution in [0.25, 0.3) is 0 Å². The summed E-state index contributed by atoms with van der Waals surface area (Å²) in [6.07, 6.45) is 7.00. The van der Waals surface area contributed by atoms with Crippen LogP contribution in [0, 0.1) is 0 Å². The van der Waals surface area contributed by atoms with Crippen molar-refractivity contribution < 1.29 is 4.79 Å². The van der Waals surface area contributed by atoms with E-state index in [2.05, 4.69) is 20.9 Å². The van der Waals surface area contributed by atoms with Gasteiger partial charge in [-0.25, -0.2) is 4.98 Å². The van der Waals surface area contributed by atoms with Crippen molar-refractivity contribution in [2.24, 2.45) is 0 Å². The Labute approximate surface area is 129 Å². The summed E-state index contributed by atoms with van der Waals surface area (Å²) in [5.41, 5.74) is 1.30. The molecule has 0 aromatic carbocycles. The predicted molar refractivity (Wildman–Crippen MR) is 86.1 cm³/mol. The fourth-order valence-corrected chi connectivity index (χ4v) is 4.05. The van der Waals surface area contributed by atoms with E-state index in [0.717, 1.165) is 44.0 Å². The number of nitrogens with one attached hydrogen (secondary N) is 3. The van der Waals surface area contributed by atoms with E-state index in [9.17, 15) is 4.79 Å². The summed E-state index contributed by atoms with van der Waals surface area (Å²) in [5, 5.41) is 10.9. The lowest BCUT2D eigenvalue weighted by Crippen LogP contribution is -2.38. The van der Waals surface area contributed by atoms with E-state index in [-0.39, 0.29) is 11.8 Å². The van der Waals surface area contributed by atoms with Gasteiger partial charge in [0.2, 0.25) is 0 Å². The van der Waals surface area contributed by atoms with Gasteiger partial charge in [0.05, 0.1) is 18.3 Å². The lowest BCUT2D eigenvalue weighted by atomic mass is 10.0. The molecular formula is C15H24N4OS. The maximum atomic E-state index is 11.9. The van der Waals surface area contributed by atoms with Crippen LogP contribution in [-0.4, -0.2) is 43.0 Å². The zero-order valence-electron chi connectivity index (χ0n) is 12.4. The maximum Gasteiger partial charge on any atom is 0.183 e. The van der Waals surface area contributed by atoms with Gasteiger partial charge in [0.1, 0.15) is 0 Å². The molecule has 1 aromatic rings. The van der Waals surface area contributed by atoms with Crippen LogP contribution in [0.5, 0.6) is 0 Å². The number of fused-ring (bicyclic) bond motifs is 1. The molecule has 5 nitrogen and oxygen atoms in total. The number of aryl methyl sites for hydroxylation is 2. The van der Waals surface area contributed by atoms with E-state index in [1.165, 1.54) is 29.8 Å². The number of anilines is 1. The summed E-state index contributed by atoms with van der Waals surface area (Å²) in [7, 11) is 0. The number of rotatable bonds is 7. The van der Waals surface area contributed by atoms with Crippen LogP contribution in [0.1, 0.15) is 36.3 Å². The third-order valence-electron chi connectivity index (χ3n) is 4.17. The number of carbonyl (C=O) groups is 1. The number of carbonyl (C=O) groups excluding carboxylic acids is 1. The SMILES string of the molecule is O=C(CNCCNc1nc2c(s1)CCCC2)[C@@H]1CCCN1. The summed E-state index contributed by atoms with van der Waals surface area (Å²) in [6.45, 7) is 3.06. The minimum Gasteiger partial charge on any atom is -0.360 e. The predicted octanol–water partition coefficient (Wildman–Crippen LogP) is 1.34. The van der Waals surface area contributed by atoms with Gasteiger partial charge in [0.25, 0.3) is 0 Å². The van der Waals surface area contributed by atoms with Gasteiger partial charge in [-0.3, -0.25) is 4.79 Å². The monoisotopic (exact) mass is 308 g/mol. The van der Waals surface area contributed by atoms with E-state index in [1.807, 2.05) is 0 Å². The summed E-state index contributed by atoms with van der Waals surface area (Å²) in [5.74, 6) is 0.289. The molecule has 0 bridgehead atoms. The molecule has 2 aliphatic rings. The molecule has 1 aromatic heterocycles. The van der Waals surface area contributed by atoms with Gasteiger partial charge < -0.3 is 16.0 Å². The number of thiazole rings is 1. The first-order chi connectivity index (χ1) is 10.3. The van der Waals surface area contributed by atoms with Crippen LogP contribution in [0.4, 0.5) is 5.13 Å². The second-order valence-corrected chi connectivity index (χ2v) is 6.90. The topological polar surface area (TPSA) is 66.0 Å². The molecule has 0 spiro atoms. The van der Waals surface area contributed by atoms with Crippen molar-refractivity contribution in [2.45, 2.75) is 44.6 Å². The zero-order valence-corrected chi connectivity index (χ0v) is 13.2. The van der Waals surface area contributed by atoms with Crippen molar-refractivity contribution >= 4 is 22.3 Å². The summed E-state index contributed by atoms with van der Waals surface area (Å²) >= 11 is 1.79. The van der Waals surface area contributed by atoms with Crippen LogP contribution in [0.15, 0.2) is 0 Å². The molecule has 1 fully saturated rings. The average molecular weight is 308 g/mol. The highest BCUT2D eigenvalue weighted by atomic mass is 32.1. The van der Waals surface area contributed by atoms with Crippen molar-refractivity contribution in [1.82, 2.24) is 15.6 Å². The minimum atomic E-state index is 0.0798. The molecule has 1 atom stereocenters. The van der Waals surface area contributed by atoms with E-state index < -0.39 is 0 Å². The molecule has 1 saturated heterocycles. The summed E-state index contributed by atoms with van der Waals surface area (Å²) < 4.78 is 0. The van der Waals surface area contributed by atoms with Crippen LogP contribution in [0.3, 0.4) is 0 Å². The van der Waals surface area contributed by atoms with Crippen LogP contribution in [0.2, 0.25) is 0 Å². The van der Waals surface area contributed by atoms with Gasteiger partial charge in [-0.1, -0.05) is 0 Å². The summed E-state index contributed by atoms with van der Waals surface area (Å²) in [6, 6.07) is 0.0798. The van der Waals surface area contributed by atoms with E-state index in [0.29, 0.717) is 6.54 Å². The fourth-order valence-electron chi connectivity index (χ4n) is 2.98. The number of Topliss-reactive ketones (excluding diaryl/α,β-unsaturated/α-hetero) is 1. The van der Waals surface area contributed by atoms with Crippen molar-refractivity contribution in [2.75, 3.05) is 31.5 Å². The Balaban J connectivity index is 1.33. The molecule has 0 amide bonds. The zero-order chi connectivity index (χ0) is 14.5. The standard InChI is InChI=1S/C15H24N4OS/c20-13(11-5-3-7-17-11)10-16-8-9-18-15-19-12-4-1-2-6-14(12)21-15/h11,16-17H,1-10H2,(H,18,19)/t11-/m0/s1. The molecule has 6 heteroatoms. The molecule has 0 saturated carbocycles. The highest BCUT2D eigenvalue weighted by Gasteiger charge is 2.21. The Bertz CT molecular complexity index is 459. The Morgan fingerprint density at radius 3 is 3.00 bits per heavy atom. The molecule has 1 aliphatic carbocycles. The Hall–Kier alpha value is -0.980. The number of hydrogen-bond acceptors (Lipinski definition) is 6. The number of hydrogen-bond donors (Lipinski definition) is 3. The quantitative estimate of drug-likeness (QED) is 0.664. The number of aromatic nitrogens is 1. The van der Waals surface area contributed by atoms with E-state index >= 15 is 0 Å². The third kappa shape index (κ3) is 4.02.